The quantitative estimate of drug-likeness (QED) is 0.435. The largest absolute Gasteiger partial charge is 0.465 e. The minimum atomic E-state index is 0.104. The summed E-state index contributed by atoms with van der Waals surface area (Å²) in [5.41, 5.74) is 0. The molecule has 8 atom stereocenters. The van der Waals surface area contributed by atoms with Crippen molar-refractivity contribution in [1.29, 1.82) is 0 Å². The van der Waals surface area contributed by atoms with E-state index in [4.69, 9.17) is 9.47 Å². The van der Waals surface area contributed by atoms with E-state index in [1.54, 1.807) is 0 Å². The summed E-state index contributed by atoms with van der Waals surface area (Å²) in [6.45, 7) is 0.700. The SMILES string of the molecule is O=C1OCC2C3CC(C4CC5OC5C43)C12. The number of carbonyl (C=O) groups is 1. The number of esters is 1. The smallest absolute Gasteiger partial charge is 0.309 e. The summed E-state index contributed by atoms with van der Waals surface area (Å²) in [4.78, 5) is 11.7. The van der Waals surface area contributed by atoms with Gasteiger partial charge in [-0.3, -0.25) is 4.79 Å². The van der Waals surface area contributed by atoms with Crippen LogP contribution in [0.2, 0.25) is 0 Å². The number of cyclic esters (lactones) is 1. The summed E-state index contributed by atoms with van der Waals surface area (Å²) in [7, 11) is 0. The second kappa shape index (κ2) is 2.10. The maximum Gasteiger partial charge on any atom is 0.309 e. The molecular weight excluding hydrogens is 192 g/mol. The highest BCUT2D eigenvalue weighted by molar-refractivity contribution is 5.76. The Hall–Kier alpha value is -0.570. The number of fused-ring (bicyclic) bond motifs is 10. The molecule has 3 saturated carbocycles. The average Bonchev–Trinajstić information content (AvgIpc) is 2.65. The van der Waals surface area contributed by atoms with Crippen LogP contribution in [0.25, 0.3) is 0 Å². The standard InChI is InChI=1S/C12H14O3/c13-12-10-4-1-5(7(10)3-14-12)9-6(4)2-8-11(9)15-8/h4-11H,1-3H2. The molecule has 0 spiro atoms. The van der Waals surface area contributed by atoms with Crippen LogP contribution in [0.5, 0.6) is 0 Å². The first kappa shape index (κ1) is 7.66. The molecule has 2 bridgehead atoms. The third-order valence-corrected chi connectivity index (χ3v) is 5.75. The van der Waals surface area contributed by atoms with Gasteiger partial charge in [-0.2, -0.15) is 0 Å². The fourth-order valence-corrected chi connectivity index (χ4v) is 5.33. The molecule has 3 aliphatic carbocycles. The van der Waals surface area contributed by atoms with Crippen molar-refractivity contribution >= 4 is 5.97 Å². The van der Waals surface area contributed by atoms with E-state index in [0.717, 1.165) is 17.8 Å². The Morgan fingerprint density at radius 2 is 1.93 bits per heavy atom. The second-order valence-corrected chi connectivity index (χ2v) is 6.00. The van der Waals surface area contributed by atoms with Crippen LogP contribution in [0.3, 0.4) is 0 Å². The molecule has 15 heavy (non-hydrogen) atoms. The van der Waals surface area contributed by atoms with Crippen LogP contribution in [0, 0.1) is 35.5 Å². The minimum absolute atomic E-state index is 0.104. The zero-order valence-electron chi connectivity index (χ0n) is 8.46. The van der Waals surface area contributed by atoms with E-state index < -0.39 is 0 Å². The minimum Gasteiger partial charge on any atom is -0.465 e. The number of rotatable bonds is 0. The Labute approximate surface area is 88.1 Å². The van der Waals surface area contributed by atoms with Crippen LogP contribution in [0.15, 0.2) is 0 Å². The van der Waals surface area contributed by atoms with Crippen molar-refractivity contribution in [2.75, 3.05) is 6.61 Å². The monoisotopic (exact) mass is 206 g/mol. The van der Waals surface area contributed by atoms with Crippen molar-refractivity contribution in [3.05, 3.63) is 0 Å². The first-order chi connectivity index (χ1) is 7.34. The number of ether oxygens (including phenoxy) is 2. The van der Waals surface area contributed by atoms with Gasteiger partial charge in [0, 0.05) is 5.92 Å². The van der Waals surface area contributed by atoms with Crippen molar-refractivity contribution in [1.82, 2.24) is 0 Å². The molecular formula is C12H14O3. The summed E-state index contributed by atoms with van der Waals surface area (Å²) in [6, 6.07) is 0. The van der Waals surface area contributed by atoms with Gasteiger partial charge in [0.1, 0.15) is 0 Å². The van der Waals surface area contributed by atoms with Crippen LogP contribution in [0.1, 0.15) is 12.8 Å². The molecule has 2 heterocycles. The molecule has 0 N–H and O–H groups in total. The number of hydrogen-bond acceptors (Lipinski definition) is 3. The molecule has 0 aromatic carbocycles. The lowest BCUT2D eigenvalue weighted by atomic mass is 9.70. The lowest BCUT2D eigenvalue weighted by Crippen LogP contribution is -2.35. The summed E-state index contributed by atoms with van der Waals surface area (Å²) in [6.07, 6.45) is 3.65. The molecule has 0 amide bonds. The first-order valence-electron chi connectivity index (χ1n) is 6.16. The summed E-state index contributed by atoms with van der Waals surface area (Å²) < 4.78 is 10.9. The predicted octanol–water partition coefficient (Wildman–Crippen LogP) is 0.829. The van der Waals surface area contributed by atoms with Gasteiger partial charge >= 0.3 is 5.97 Å². The Balaban J connectivity index is 1.59. The van der Waals surface area contributed by atoms with Crippen LogP contribution in [0.4, 0.5) is 0 Å². The third kappa shape index (κ3) is 0.690. The first-order valence-corrected chi connectivity index (χ1v) is 6.16. The van der Waals surface area contributed by atoms with Gasteiger partial charge in [-0.15, -0.1) is 0 Å². The van der Waals surface area contributed by atoms with Gasteiger partial charge in [0.25, 0.3) is 0 Å². The van der Waals surface area contributed by atoms with Gasteiger partial charge in [-0.1, -0.05) is 0 Å². The van der Waals surface area contributed by atoms with Crippen LogP contribution >= 0.6 is 0 Å². The molecule has 0 aromatic heterocycles. The lowest BCUT2D eigenvalue weighted by Gasteiger charge is -2.32. The summed E-state index contributed by atoms with van der Waals surface area (Å²) in [5, 5.41) is 0. The Bertz CT molecular complexity index is 366. The van der Waals surface area contributed by atoms with Crippen molar-refractivity contribution in [2.45, 2.75) is 25.0 Å². The van der Waals surface area contributed by atoms with Crippen LogP contribution in [-0.4, -0.2) is 24.8 Å². The van der Waals surface area contributed by atoms with E-state index in [0.29, 0.717) is 30.7 Å². The highest BCUT2D eigenvalue weighted by Crippen LogP contribution is 2.68. The Morgan fingerprint density at radius 1 is 1.07 bits per heavy atom. The van der Waals surface area contributed by atoms with E-state index >= 15 is 0 Å². The van der Waals surface area contributed by atoms with Crippen molar-refractivity contribution in [3.63, 3.8) is 0 Å². The highest BCUT2D eigenvalue weighted by atomic mass is 16.6. The van der Waals surface area contributed by atoms with E-state index in [2.05, 4.69) is 0 Å². The predicted molar refractivity (Wildman–Crippen MR) is 49.8 cm³/mol. The maximum absolute atomic E-state index is 11.7. The fourth-order valence-electron chi connectivity index (χ4n) is 5.33. The summed E-state index contributed by atoms with van der Waals surface area (Å²) >= 11 is 0. The van der Waals surface area contributed by atoms with E-state index in [1.165, 1.54) is 12.8 Å². The Morgan fingerprint density at radius 3 is 2.87 bits per heavy atom. The summed E-state index contributed by atoms with van der Waals surface area (Å²) in [5.74, 6) is 3.90. The van der Waals surface area contributed by atoms with Crippen LogP contribution < -0.4 is 0 Å². The number of epoxide rings is 1. The molecule has 0 aromatic rings. The van der Waals surface area contributed by atoms with Gasteiger partial charge in [-0.25, -0.2) is 0 Å². The molecule has 2 saturated heterocycles. The van der Waals surface area contributed by atoms with Gasteiger partial charge in [0.15, 0.2) is 0 Å². The van der Waals surface area contributed by atoms with Gasteiger partial charge in [-0.05, 0) is 36.5 Å². The van der Waals surface area contributed by atoms with Gasteiger partial charge in [0.2, 0.25) is 0 Å². The molecule has 5 aliphatic rings. The number of hydrogen-bond donors (Lipinski definition) is 0. The Kier molecular flexibility index (Phi) is 1.07. The zero-order valence-corrected chi connectivity index (χ0v) is 8.46. The number of carbonyl (C=O) groups excluding carboxylic acids is 1. The lowest BCUT2D eigenvalue weighted by molar-refractivity contribution is -0.143. The molecule has 3 heteroatoms. The van der Waals surface area contributed by atoms with E-state index in [-0.39, 0.29) is 11.9 Å². The average molecular weight is 206 g/mol. The molecule has 3 nitrogen and oxygen atoms in total. The van der Waals surface area contributed by atoms with E-state index in [9.17, 15) is 4.79 Å². The van der Waals surface area contributed by atoms with Crippen molar-refractivity contribution < 1.29 is 14.3 Å². The topological polar surface area (TPSA) is 38.8 Å². The van der Waals surface area contributed by atoms with Crippen LogP contribution in [-0.2, 0) is 14.3 Å². The molecule has 80 valence electrons. The van der Waals surface area contributed by atoms with E-state index in [1.807, 2.05) is 0 Å². The zero-order chi connectivity index (χ0) is 9.73. The second-order valence-electron chi connectivity index (χ2n) is 6.00. The van der Waals surface area contributed by atoms with Crippen molar-refractivity contribution in [2.24, 2.45) is 35.5 Å². The third-order valence-electron chi connectivity index (χ3n) is 5.75. The molecule has 2 aliphatic heterocycles. The highest BCUT2D eigenvalue weighted by Gasteiger charge is 2.71. The van der Waals surface area contributed by atoms with Crippen molar-refractivity contribution in [3.8, 4) is 0 Å². The molecule has 5 fully saturated rings. The fraction of sp³-hybridized carbons (Fsp3) is 0.917. The van der Waals surface area contributed by atoms with Gasteiger partial charge in [0.05, 0.1) is 24.7 Å². The molecule has 0 radical (unpaired) electrons. The maximum atomic E-state index is 11.7. The molecule has 8 unspecified atom stereocenters. The normalized spacial score (nSPS) is 67.6. The van der Waals surface area contributed by atoms with Gasteiger partial charge < -0.3 is 9.47 Å². The molecule has 5 rings (SSSR count).